The quantitative estimate of drug-likeness (QED) is 0.866. The minimum absolute atomic E-state index is 0.0132. The van der Waals surface area contributed by atoms with E-state index in [-0.39, 0.29) is 5.41 Å². The Morgan fingerprint density at radius 1 is 1.22 bits per heavy atom. The van der Waals surface area contributed by atoms with Crippen LogP contribution in [0.25, 0.3) is 0 Å². The summed E-state index contributed by atoms with van der Waals surface area (Å²) in [5.41, 5.74) is 0.0132. The Bertz CT molecular complexity index is 391. The molecule has 1 aromatic heterocycles. The van der Waals surface area contributed by atoms with Gasteiger partial charge >= 0.3 is 0 Å². The van der Waals surface area contributed by atoms with Crippen molar-refractivity contribution in [1.29, 1.82) is 0 Å². The summed E-state index contributed by atoms with van der Waals surface area (Å²) in [4.78, 5) is 6.88. The van der Waals surface area contributed by atoms with Crippen molar-refractivity contribution in [3.63, 3.8) is 0 Å². The molecule has 5 nitrogen and oxygen atoms in total. The fourth-order valence-corrected chi connectivity index (χ4v) is 2.92. The highest BCUT2D eigenvalue weighted by molar-refractivity contribution is 5.29. The van der Waals surface area contributed by atoms with Crippen molar-refractivity contribution in [1.82, 2.24) is 15.5 Å². The summed E-state index contributed by atoms with van der Waals surface area (Å²) in [7, 11) is 0. The van der Waals surface area contributed by atoms with Crippen LogP contribution in [0.5, 0.6) is 0 Å². The number of nitrogens with zero attached hydrogens (tertiary/aromatic N) is 3. The van der Waals surface area contributed by atoms with Gasteiger partial charge in [0.15, 0.2) is 0 Å². The van der Waals surface area contributed by atoms with Crippen LogP contribution in [-0.2, 0) is 5.41 Å². The zero-order chi connectivity index (χ0) is 12.4. The van der Waals surface area contributed by atoms with Gasteiger partial charge in [-0.15, -0.1) is 0 Å². The predicted molar refractivity (Wildman–Crippen MR) is 69.8 cm³/mol. The van der Waals surface area contributed by atoms with Gasteiger partial charge in [0.1, 0.15) is 0 Å². The Labute approximate surface area is 108 Å². The van der Waals surface area contributed by atoms with Gasteiger partial charge in [0, 0.05) is 19.6 Å². The van der Waals surface area contributed by atoms with Crippen molar-refractivity contribution in [3.8, 4) is 0 Å². The van der Waals surface area contributed by atoms with Gasteiger partial charge in [0.2, 0.25) is 5.89 Å². The first-order valence-corrected chi connectivity index (χ1v) is 7.08. The van der Waals surface area contributed by atoms with Crippen LogP contribution in [0, 0.1) is 0 Å². The molecule has 3 rings (SSSR count). The molecule has 2 fully saturated rings. The average molecular weight is 250 g/mol. The second kappa shape index (κ2) is 4.88. The summed E-state index contributed by atoms with van der Waals surface area (Å²) < 4.78 is 5.52. The van der Waals surface area contributed by atoms with E-state index in [0.29, 0.717) is 0 Å². The highest BCUT2D eigenvalue weighted by Crippen LogP contribution is 2.30. The van der Waals surface area contributed by atoms with Gasteiger partial charge in [-0.3, -0.25) is 0 Å². The molecule has 2 saturated heterocycles. The zero-order valence-corrected chi connectivity index (χ0v) is 11.1. The molecule has 2 aliphatic rings. The number of hydrogen-bond donors (Lipinski definition) is 1. The van der Waals surface area contributed by atoms with Gasteiger partial charge in [-0.05, 0) is 50.7 Å². The maximum atomic E-state index is 5.52. The van der Waals surface area contributed by atoms with E-state index in [2.05, 4.69) is 27.3 Å². The Balaban J connectivity index is 1.75. The van der Waals surface area contributed by atoms with Crippen molar-refractivity contribution >= 4 is 5.95 Å². The number of nitrogens with one attached hydrogen (secondary N) is 1. The summed E-state index contributed by atoms with van der Waals surface area (Å²) in [6.45, 7) is 6.38. The number of hydrogen-bond acceptors (Lipinski definition) is 5. The summed E-state index contributed by atoms with van der Waals surface area (Å²) >= 11 is 0. The maximum Gasteiger partial charge on any atom is 0.266 e. The minimum atomic E-state index is 0.0132. The van der Waals surface area contributed by atoms with E-state index < -0.39 is 0 Å². The van der Waals surface area contributed by atoms with E-state index >= 15 is 0 Å². The Kier molecular flexibility index (Phi) is 3.24. The Hall–Kier alpha value is -1.10. The fourth-order valence-electron chi connectivity index (χ4n) is 2.92. The summed E-state index contributed by atoms with van der Waals surface area (Å²) in [6, 6.07) is 0. The Morgan fingerprint density at radius 3 is 2.78 bits per heavy atom. The minimum Gasteiger partial charge on any atom is -0.338 e. The molecule has 0 saturated carbocycles. The summed E-state index contributed by atoms with van der Waals surface area (Å²) in [5.74, 6) is 1.59. The van der Waals surface area contributed by atoms with Crippen molar-refractivity contribution in [2.24, 2.45) is 0 Å². The average Bonchev–Trinajstić information content (AvgIpc) is 2.91. The number of anilines is 1. The number of piperidine rings is 2. The first-order valence-electron chi connectivity index (χ1n) is 7.08. The number of rotatable bonds is 2. The monoisotopic (exact) mass is 250 g/mol. The molecule has 0 amide bonds. The van der Waals surface area contributed by atoms with Gasteiger partial charge in [0.25, 0.3) is 5.95 Å². The fraction of sp³-hybridized carbons (Fsp3) is 0.846. The first kappa shape index (κ1) is 12.0. The lowest BCUT2D eigenvalue weighted by molar-refractivity contribution is 0.245. The van der Waals surface area contributed by atoms with Gasteiger partial charge in [-0.1, -0.05) is 0 Å². The van der Waals surface area contributed by atoms with Crippen molar-refractivity contribution in [2.75, 3.05) is 31.1 Å². The topological polar surface area (TPSA) is 54.2 Å². The summed E-state index contributed by atoms with van der Waals surface area (Å²) in [5, 5.41) is 7.59. The standard InChI is InChI=1S/C13H22N4O/c1-13(6-5-7-14-10-13)11-15-12(16-18-11)17-8-3-2-4-9-17/h14H,2-10H2,1H3. The Morgan fingerprint density at radius 2 is 2.06 bits per heavy atom. The van der Waals surface area contributed by atoms with E-state index in [1.807, 2.05) is 0 Å². The van der Waals surface area contributed by atoms with Crippen LogP contribution < -0.4 is 10.2 Å². The second-order valence-corrected chi connectivity index (χ2v) is 5.79. The van der Waals surface area contributed by atoms with E-state index in [1.165, 1.54) is 25.7 Å². The van der Waals surface area contributed by atoms with Crippen LogP contribution in [0.15, 0.2) is 4.52 Å². The molecule has 3 heterocycles. The lowest BCUT2D eigenvalue weighted by atomic mass is 9.83. The van der Waals surface area contributed by atoms with Gasteiger partial charge in [-0.25, -0.2) is 0 Å². The predicted octanol–water partition coefficient (Wildman–Crippen LogP) is 1.70. The molecule has 1 unspecified atom stereocenters. The third-order valence-electron chi connectivity index (χ3n) is 4.17. The zero-order valence-electron chi connectivity index (χ0n) is 11.1. The van der Waals surface area contributed by atoms with Crippen LogP contribution in [-0.4, -0.2) is 36.3 Å². The van der Waals surface area contributed by atoms with Gasteiger partial charge in [0.05, 0.1) is 5.41 Å². The van der Waals surface area contributed by atoms with Gasteiger partial charge in [-0.2, -0.15) is 4.98 Å². The van der Waals surface area contributed by atoms with E-state index in [1.54, 1.807) is 0 Å². The van der Waals surface area contributed by atoms with Crippen molar-refractivity contribution in [2.45, 2.75) is 44.4 Å². The normalized spacial score (nSPS) is 29.5. The largest absolute Gasteiger partial charge is 0.338 e. The molecule has 1 N–H and O–H groups in total. The van der Waals surface area contributed by atoms with E-state index in [4.69, 9.17) is 4.52 Å². The lowest BCUT2D eigenvalue weighted by Crippen LogP contribution is -2.41. The highest BCUT2D eigenvalue weighted by atomic mass is 16.5. The highest BCUT2D eigenvalue weighted by Gasteiger charge is 2.35. The van der Waals surface area contributed by atoms with E-state index in [9.17, 15) is 0 Å². The molecule has 5 heteroatoms. The van der Waals surface area contributed by atoms with E-state index in [0.717, 1.165) is 44.4 Å². The molecule has 1 atom stereocenters. The van der Waals surface area contributed by atoms with Crippen LogP contribution in [0.2, 0.25) is 0 Å². The molecule has 2 aliphatic heterocycles. The molecule has 0 aliphatic carbocycles. The van der Waals surface area contributed by atoms with Crippen LogP contribution in [0.1, 0.15) is 44.9 Å². The molecule has 0 aromatic carbocycles. The first-order chi connectivity index (χ1) is 8.78. The molecule has 0 bridgehead atoms. The van der Waals surface area contributed by atoms with Crippen molar-refractivity contribution in [3.05, 3.63) is 5.89 Å². The van der Waals surface area contributed by atoms with Gasteiger partial charge < -0.3 is 14.7 Å². The van der Waals surface area contributed by atoms with Crippen molar-refractivity contribution < 1.29 is 4.52 Å². The smallest absolute Gasteiger partial charge is 0.266 e. The molecule has 0 radical (unpaired) electrons. The molecule has 1 aromatic rings. The van der Waals surface area contributed by atoms with Crippen LogP contribution in [0.4, 0.5) is 5.95 Å². The molecule has 0 spiro atoms. The maximum absolute atomic E-state index is 5.52. The SMILES string of the molecule is CC1(c2nc(N3CCCCC3)no2)CCCNC1. The lowest BCUT2D eigenvalue weighted by Gasteiger charge is -2.30. The number of aromatic nitrogens is 2. The second-order valence-electron chi connectivity index (χ2n) is 5.79. The van der Waals surface area contributed by atoms with Crippen LogP contribution >= 0.6 is 0 Å². The third kappa shape index (κ3) is 2.23. The summed E-state index contributed by atoms with van der Waals surface area (Å²) in [6.07, 6.45) is 6.10. The third-order valence-corrected chi connectivity index (χ3v) is 4.17. The molecular weight excluding hydrogens is 228 g/mol. The molecule has 18 heavy (non-hydrogen) atoms. The molecular formula is C13H22N4O. The van der Waals surface area contributed by atoms with Crippen LogP contribution in [0.3, 0.4) is 0 Å². The molecule has 100 valence electrons.